The number of carbonyl (C=O) groups excluding carboxylic acids is 1. The van der Waals surface area contributed by atoms with E-state index in [9.17, 15) is 10.1 Å². The van der Waals surface area contributed by atoms with Gasteiger partial charge in [-0.25, -0.2) is 0 Å². The number of nitrogens with zero attached hydrogens (tertiary/aromatic N) is 1. The quantitative estimate of drug-likeness (QED) is 0.827. The number of rotatable bonds is 2. The number of aryl methyl sites for hydroxylation is 1. The van der Waals surface area contributed by atoms with E-state index in [1.54, 1.807) is 13.2 Å². The van der Waals surface area contributed by atoms with Crippen molar-refractivity contribution in [1.82, 2.24) is 0 Å². The average Bonchev–Trinajstić information content (AvgIpc) is 2.42. The van der Waals surface area contributed by atoms with Crippen LogP contribution in [0, 0.1) is 23.7 Å². The zero-order valence-corrected chi connectivity index (χ0v) is 12.4. The number of benzene rings is 1. The highest BCUT2D eigenvalue weighted by Crippen LogP contribution is 2.45. The van der Waals surface area contributed by atoms with Gasteiger partial charge < -0.3 is 4.74 Å². The molecule has 0 bridgehead atoms. The Morgan fingerprint density at radius 1 is 1.25 bits per heavy atom. The van der Waals surface area contributed by atoms with E-state index in [-0.39, 0.29) is 11.4 Å². The lowest BCUT2D eigenvalue weighted by molar-refractivity contribution is -0.128. The number of ketones is 1. The standard InChI is InChI=1S/C17H19NO2/c1-12-5-7-14(8-6-12)17(20-4)9-13(10-18)15(19)16(2,3)11-17/h5-9H,11H2,1-4H3. The summed E-state index contributed by atoms with van der Waals surface area (Å²) in [6.07, 6.45) is 2.20. The summed E-state index contributed by atoms with van der Waals surface area (Å²) in [4.78, 5) is 12.2. The second kappa shape index (κ2) is 4.88. The molecule has 0 amide bonds. The van der Waals surface area contributed by atoms with Gasteiger partial charge in [-0.2, -0.15) is 5.26 Å². The van der Waals surface area contributed by atoms with E-state index in [4.69, 9.17) is 4.74 Å². The molecule has 0 N–H and O–H groups in total. The first-order valence-corrected chi connectivity index (χ1v) is 6.65. The summed E-state index contributed by atoms with van der Waals surface area (Å²) < 4.78 is 5.74. The first-order valence-electron chi connectivity index (χ1n) is 6.65. The molecule has 0 radical (unpaired) electrons. The van der Waals surface area contributed by atoms with Crippen LogP contribution in [0.1, 0.15) is 31.4 Å². The normalized spacial score (nSPS) is 24.9. The molecule has 3 heteroatoms. The Morgan fingerprint density at radius 2 is 1.85 bits per heavy atom. The fourth-order valence-electron chi connectivity index (χ4n) is 2.80. The summed E-state index contributed by atoms with van der Waals surface area (Å²) >= 11 is 0. The minimum Gasteiger partial charge on any atom is -0.369 e. The lowest BCUT2D eigenvalue weighted by Crippen LogP contribution is -2.42. The summed E-state index contributed by atoms with van der Waals surface area (Å²) in [7, 11) is 1.62. The molecule has 1 aliphatic rings. The Bertz CT molecular complexity index is 605. The highest BCUT2D eigenvalue weighted by molar-refractivity contribution is 6.04. The van der Waals surface area contributed by atoms with Crippen molar-refractivity contribution in [3.8, 4) is 6.07 Å². The molecule has 20 heavy (non-hydrogen) atoms. The number of allylic oxidation sites excluding steroid dienone is 1. The van der Waals surface area contributed by atoms with Crippen molar-refractivity contribution < 1.29 is 9.53 Å². The van der Waals surface area contributed by atoms with Crippen molar-refractivity contribution in [2.75, 3.05) is 7.11 Å². The van der Waals surface area contributed by atoms with Crippen LogP contribution < -0.4 is 0 Å². The Labute approximate surface area is 119 Å². The Hall–Kier alpha value is -1.92. The molecule has 1 aromatic rings. The Balaban J connectivity index is 2.61. The molecule has 1 atom stereocenters. The molecule has 0 aromatic heterocycles. The lowest BCUT2D eigenvalue weighted by atomic mass is 9.67. The summed E-state index contributed by atoms with van der Waals surface area (Å²) in [6, 6.07) is 10.0. The molecule has 0 spiro atoms. The summed E-state index contributed by atoms with van der Waals surface area (Å²) in [5, 5.41) is 9.22. The minimum absolute atomic E-state index is 0.111. The largest absolute Gasteiger partial charge is 0.369 e. The van der Waals surface area contributed by atoms with Crippen LogP contribution in [0.5, 0.6) is 0 Å². The smallest absolute Gasteiger partial charge is 0.178 e. The Kier molecular flexibility index (Phi) is 3.54. The molecule has 2 rings (SSSR count). The van der Waals surface area contributed by atoms with Crippen molar-refractivity contribution in [2.45, 2.75) is 32.8 Å². The molecular weight excluding hydrogens is 250 g/mol. The highest BCUT2D eigenvalue weighted by Gasteiger charge is 2.46. The van der Waals surface area contributed by atoms with E-state index < -0.39 is 11.0 Å². The van der Waals surface area contributed by atoms with E-state index in [0.717, 1.165) is 11.1 Å². The van der Waals surface area contributed by atoms with Gasteiger partial charge in [0.2, 0.25) is 0 Å². The molecule has 3 nitrogen and oxygen atoms in total. The Morgan fingerprint density at radius 3 is 2.35 bits per heavy atom. The van der Waals surface area contributed by atoms with Gasteiger partial charge in [-0.3, -0.25) is 4.79 Å². The fraction of sp³-hybridized carbons (Fsp3) is 0.412. The molecule has 1 unspecified atom stereocenters. The first-order chi connectivity index (χ1) is 9.34. The zero-order chi connectivity index (χ0) is 15.0. The molecule has 104 valence electrons. The van der Waals surface area contributed by atoms with Crippen molar-refractivity contribution in [2.24, 2.45) is 5.41 Å². The maximum Gasteiger partial charge on any atom is 0.178 e. The number of carbonyl (C=O) groups is 1. The van der Waals surface area contributed by atoms with Crippen molar-refractivity contribution in [3.05, 3.63) is 47.0 Å². The zero-order valence-electron chi connectivity index (χ0n) is 12.4. The number of ether oxygens (including phenoxy) is 1. The van der Waals surface area contributed by atoms with Crippen LogP contribution in [-0.4, -0.2) is 12.9 Å². The first kappa shape index (κ1) is 14.5. The monoisotopic (exact) mass is 269 g/mol. The van der Waals surface area contributed by atoms with Gasteiger partial charge in [0.15, 0.2) is 5.78 Å². The number of nitriles is 1. The van der Waals surface area contributed by atoms with E-state index >= 15 is 0 Å². The van der Waals surface area contributed by atoms with Crippen LogP contribution in [-0.2, 0) is 15.1 Å². The van der Waals surface area contributed by atoms with Crippen LogP contribution in [0.2, 0.25) is 0 Å². The topological polar surface area (TPSA) is 50.1 Å². The maximum atomic E-state index is 12.2. The number of Topliss-reactive ketones (excluding diaryl/α,β-unsaturated/α-hetero) is 1. The van der Waals surface area contributed by atoms with Gasteiger partial charge in [-0.1, -0.05) is 43.7 Å². The minimum atomic E-state index is -0.712. The lowest BCUT2D eigenvalue weighted by Gasteiger charge is -2.40. The SMILES string of the molecule is COC1(c2ccc(C)cc2)C=C(C#N)C(=O)C(C)(C)C1. The van der Waals surface area contributed by atoms with Gasteiger partial charge in [0.05, 0.1) is 5.57 Å². The van der Waals surface area contributed by atoms with Crippen molar-refractivity contribution in [3.63, 3.8) is 0 Å². The summed E-state index contributed by atoms with van der Waals surface area (Å²) in [6.45, 7) is 5.75. The average molecular weight is 269 g/mol. The van der Waals surface area contributed by atoms with Gasteiger partial charge in [-0.15, -0.1) is 0 Å². The van der Waals surface area contributed by atoms with Crippen LogP contribution in [0.15, 0.2) is 35.9 Å². The fourth-order valence-corrected chi connectivity index (χ4v) is 2.80. The second-order valence-electron chi connectivity index (χ2n) is 6.02. The van der Waals surface area contributed by atoms with Crippen LogP contribution >= 0.6 is 0 Å². The van der Waals surface area contributed by atoms with E-state index in [0.29, 0.717) is 6.42 Å². The third kappa shape index (κ3) is 2.28. The predicted molar refractivity (Wildman–Crippen MR) is 77.0 cm³/mol. The van der Waals surface area contributed by atoms with E-state index in [1.165, 1.54) is 0 Å². The van der Waals surface area contributed by atoms with Crippen LogP contribution in [0.25, 0.3) is 0 Å². The number of hydrogen-bond acceptors (Lipinski definition) is 3. The van der Waals surface area contributed by atoms with Gasteiger partial charge >= 0.3 is 0 Å². The molecule has 0 saturated carbocycles. The molecule has 1 aromatic carbocycles. The van der Waals surface area contributed by atoms with Crippen molar-refractivity contribution in [1.29, 1.82) is 5.26 Å². The third-order valence-corrected chi connectivity index (χ3v) is 3.97. The summed E-state index contributed by atoms with van der Waals surface area (Å²) in [5.41, 5.74) is 0.995. The van der Waals surface area contributed by atoms with Crippen LogP contribution in [0.4, 0.5) is 0 Å². The third-order valence-electron chi connectivity index (χ3n) is 3.97. The second-order valence-corrected chi connectivity index (χ2v) is 6.02. The molecular formula is C17H19NO2. The van der Waals surface area contributed by atoms with E-state index in [2.05, 4.69) is 0 Å². The van der Waals surface area contributed by atoms with Crippen LogP contribution in [0.3, 0.4) is 0 Å². The van der Waals surface area contributed by atoms with Gasteiger partial charge in [0.25, 0.3) is 0 Å². The van der Waals surface area contributed by atoms with E-state index in [1.807, 2.05) is 51.1 Å². The van der Waals surface area contributed by atoms with Crippen molar-refractivity contribution >= 4 is 5.78 Å². The molecule has 0 saturated heterocycles. The molecule has 1 aliphatic carbocycles. The van der Waals surface area contributed by atoms with Gasteiger partial charge in [-0.05, 0) is 25.0 Å². The maximum absolute atomic E-state index is 12.2. The molecule has 0 fully saturated rings. The summed E-state index contributed by atoms with van der Waals surface area (Å²) in [5.74, 6) is -0.111. The molecule has 0 aliphatic heterocycles. The van der Waals surface area contributed by atoms with Gasteiger partial charge in [0, 0.05) is 12.5 Å². The highest BCUT2D eigenvalue weighted by atomic mass is 16.5. The van der Waals surface area contributed by atoms with Gasteiger partial charge in [0.1, 0.15) is 11.7 Å². The number of methoxy groups -OCH3 is 1. The molecule has 0 heterocycles. The number of hydrogen-bond donors (Lipinski definition) is 0. The predicted octanol–water partition coefficient (Wildman–Crippen LogP) is 3.29.